The van der Waals surface area contributed by atoms with E-state index in [0.29, 0.717) is 12.5 Å². The Morgan fingerprint density at radius 3 is 2.68 bits per heavy atom. The smallest absolute Gasteiger partial charge is 0.214 e. The fourth-order valence-electron chi connectivity index (χ4n) is 2.66. The van der Waals surface area contributed by atoms with Gasteiger partial charge in [-0.3, -0.25) is 0 Å². The van der Waals surface area contributed by atoms with Crippen molar-refractivity contribution in [3.05, 3.63) is 0 Å². The van der Waals surface area contributed by atoms with Gasteiger partial charge >= 0.3 is 0 Å². The van der Waals surface area contributed by atoms with Crippen LogP contribution in [-0.4, -0.2) is 69.2 Å². The van der Waals surface area contributed by atoms with Gasteiger partial charge in [0.2, 0.25) is 10.0 Å². The molecular formula is C13H27N3O2S. The van der Waals surface area contributed by atoms with Gasteiger partial charge in [0.25, 0.3) is 0 Å². The lowest BCUT2D eigenvalue weighted by Gasteiger charge is -2.35. The molecule has 0 radical (unpaired) electrons. The van der Waals surface area contributed by atoms with Crippen molar-refractivity contribution in [1.82, 2.24) is 14.5 Å². The van der Waals surface area contributed by atoms with E-state index in [1.54, 1.807) is 11.4 Å². The van der Waals surface area contributed by atoms with Crippen molar-refractivity contribution in [2.24, 2.45) is 0 Å². The second kappa shape index (κ2) is 6.52. The lowest BCUT2D eigenvalue weighted by Crippen LogP contribution is -2.47. The number of nitrogens with one attached hydrogen (secondary N) is 1. The number of sulfonamides is 1. The third-order valence-corrected chi connectivity index (χ3v) is 6.12. The molecule has 0 amide bonds. The second-order valence-corrected chi connectivity index (χ2v) is 8.12. The SMILES string of the molecule is CN1CCCC(N(C)S(=O)(=O)CCCNC2CC2)C1. The molecule has 0 bridgehead atoms. The molecule has 2 aliphatic rings. The predicted molar refractivity (Wildman–Crippen MR) is 77.7 cm³/mol. The second-order valence-electron chi connectivity index (χ2n) is 5.97. The quantitative estimate of drug-likeness (QED) is 0.693. The van der Waals surface area contributed by atoms with E-state index in [0.717, 1.165) is 32.5 Å². The summed E-state index contributed by atoms with van der Waals surface area (Å²) in [5.41, 5.74) is 0. The molecule has 1 saturated heterocycles. The van der Waals surface area contributed by atoms with E-state index in [1.165, 1.54) is 12.8 Å². The van der Waals surface area contributed by atoms with Crippen molar-refractivity contribution < 1.29 is 8.42 Å². The number of piperidine rings is 1. The molecule has 2 fully saturated rings. The molecular weight excluding hydrogens is 262 g/mol. The Hall–Kier alpha value is -0.170. The van der Waals surface area contributed by atoms with E-state index in [9.17, 15) is 8.42 Å². The third kappa shape index (κ3) is 4.70. The van der Waals surface area contributed by atoms with E-state index in [2.05, 4.69) is 17.3 Å². The summed E-state index contributed by atoms with van der Waals surface area (Å²) < 4.78 is 26.2. The van der Waals surface area contributed by atoms with Crippen LogP contribution in [0.2, 0.25) is 0 Å². The molecule has 1 unspecified atom stereocenters. The Balaban J connectivity index is 1.76. The molecule has 0 aromatic carbocycles. The van der Waals surface area contributed by atoms with Gasteiger partial charge in [0.1, 0.15) is 0 Å². The first-order chi connectivity index (χ1) is 8.99. The highest BCUT2D eigenvalue weighted by molar-refractivity contribution is 7.89. The van der Waals surface area contributed by atoms with E-state index < -0.39 is 10.0 Å². The van der Waals surface area contributed by atoms with Crippen molar-refractivity contribution >= 4 is 10.0 Å². The van der Waals surface area contributed by atoms with Crippen LogP contribution in [0.3, 0.4) is 0 Å². The van der Waals surface area contributed by atoms with Crippen molar-refractivity contribution in [2.45, 2.75) is 44.2 Å². The summed E-state index contributed by atoms with van der Waals surface area (Å²) >= 11 is 0. The fraction of sp³-hybridized carbons (Fsp3) is 1.00. The number of hydrogen-bond acceptors (Lipinski definition) is 4. The number of hydrogen-bond donors (Lipinski definition) is 1. The number of rotatable bonds is 7. The Morgan fingerprint density at radius 2 is 2.05 bits per heavy atom. The first kappa shape index (κ1) is 15.2. The number of likely N-dealkylation sites (tertiary alicyclic amines) is 1. The van der Waals surface area contributed by atoms with E-state index in [1.807, 2.05) is 0 Å². The van der Waals surface area contributed by atoms with Crippen LogP contribution in [0.1, 0.15) is 32.1 Å². The maximum absolute atomic E-state index is 12.3. The van der Waals surface area contributed by atoms with Crippen LogP contribution in [0.15, 0.2) is 0 Å². The molecule has 1 aliphatic heterocycles. The monoisotopic (exact) mass is 289 g/mol. The van der Waals surface area contributed by atoms with Gasteiger partial charge in [0.15, 0.2) is 0 Å². The summed E-state index contributed by atoms with van der Waals surface area (Å²) in [5, 5.41) is 3.36. The molecule has 0 aromatic heterocycles. The molecule has 19 heavy (non-hydrogen) atoms. The molecule has 1 saturated carbocycles. The lowest BCUT2D eigenvalue weighted by molar-refractivity contribution is 0.187. The van der Waals surface area contributed by atoms with Crippen LogP contribution in [-0.2, 0) is 10.0 Å². The van der Waals surface area contributed by atoms with Crippen molar-refractivity contribution in [1.29, 1.82) is 0 Å². The number of likely N-dealkylation sites (N-methyl/N-ethyl adjacent to an activating group) is 2. The highest BCUT2D eigenvalue weighted by atomic mass is 32.2. The zero-order valence-electron chi connectivity index (χ0n) is 12.1. The molecule has 112 valence electrons. The molecule has 0 aromatic rings. The van der Waals surface area contributed by atoms with Gasteiger partial charge in [0.05, 0.1) is 5.75 Å². The Labute approximate surface area is 117 Å². The molecule has 2 rings (SSSR count). The van der Waals surface area contributed by atoms with Gasteiger partial charge in [-0.25, -0.2) is 12.7 Å². The maximum Gasteiger partial charge on any atom is 0.214 e. The minimum atomic E-state index is -3.09. The molecule has 6 heteroatoms. The molecule has 1 N–H and O–H groups in total. The van der Waals surface area contributed by atoms with E-state index >= 15 is 0 Å². The van der Waals surface area contributed by atoms with Gasteiger partial charge in [-0.2, -0.15) is 0 Å². The molecule has 1 atom stereocenters. The zero-order chi connectivity index (χ0) is 13.9. The van der Waals surface area contributed by atoms with Crippen LogP contribution in [0.4, 0.5) is 0 Å². The highest BCUT2D eigenvalue weighted by Gasteiger charge is 2.29. The maximum atomic E-state index is 12.3. The predicted octanol–water partition coefficient (Wildman–Crippen LogP) is 0.484. The molecule has 0 spiro atoms. The van der Waals surface area contributed by atoms with Crippen LogP contribution >= 0.6 is 0 Å². The van der Waals surface area contributed by atoms with Gasteiger partial charge in [-0.15, -0.1) is 0 Å². The standard InChI is InChI=1S/C13H27N3O2S/c1-15-9-3-5-13(11-15)16(2)19(17,18)10-4-8-14-12-6-7-12/h12-14H,3-11H2,1-2H3. The van der Waals surface area contributed by atoms with Gasteiger partial charge in [-0.1, -0.05) is 0 Å². The summed E-state index contributed by atoms with van der Waals surface area (Å²) in [6, 6.07) is 0.813. The molecule has 5 nitrogen and oxygen atoms in total. The molecule has 1 aliphatic carbocycles. The average Bonchev–Trinajstić information content (AvgIpc) is 3.18. The minimum Gasteiger partial charge on any atom is -0.314 e. The van der Waals surface area contributed by atoms with Crippen LogP contribution in [0.5, 0.6) is 0 Å². The third-order valence-electron chi connectivity index (χ3n) is 4.14. The highest BCUT2D eigenvalue weighted by Crippen LogP contribution is 2.19. The van der Waals surface area contributed by atoms with Gasteiger partial charge in [-0.05, 0) is 52.2 Å². The number of nitrogens with zero attached hydrogens (tertiary/aromatic N) is 2. The van der Waals surface area contributed by atoms with Crippen LogP contribution in [0, 0.1) is 0 Å². The fourth-order valence-corrected chi connectivity index (χ4v) is 4.08. The zero-order valence-corrected chi connectivity index (χ0v) is 13.0. The van der Waals surface area contributed by atoms with Gasteiger partial charge in [0, 0.05) is 25.7 Å². The normalized spacial score (nSPS) is 25.9. The Bertz CT molecular complexity index is 381. The van der Waals surface area contributed by atoms with Crippen LogP contribution in [0.25, 0.3) is 0 Å². The first-order valence-electron chi connectivity index (χ1n) is 7.36. The summed E-state index contributed by atoms with van der Waals surface area (Å²) in [4.78, 5) is 2.22. The van der Waals surface area contributed by atoms with Crippen LogP contribution < -0.4 is 5.32 Å². The van der Waals surface area contributed by atoms with E-state index in [-0.39, 0.29) is 11.8 Å². The summed E-state index contributed by atoms with van der Waals surface area (Å²) in [6.07, 6.45) is 5.29. The summed E-state index contributed by atoms with van der Waals surface area (Å²) in [5.74, 6) is 0.267. The van der Waals surface area contributed by atoms with Crippen molar-refractivity contribution in [3.63, 3.8) is 0 Å². The Kier molecular flexibility index (Phi) is 5.22. The topological polar surface area (TPSA) is 52.7 Å². The largest absolute Gasteiger partial charge is 0.314 e. The van der Waals surface area contributed by atoms with Crippen molar-refractivity contribution in [3.8, 4) is 0 Å². The first-order valence-corrected chi connectivity index (χ1v) is 8.97. The average molecular weight is 289 g/mol. The lowest BCUT2D eigenvalue weighted by atomic mass is 10.1. The molecule has 1 heterocycles. The summed E-state index contributed by atoms with van der Waals surface area (Å²) in [6.45, 7) is 2.76. The Morgan fingerprint density at radius 1 is 1.32 bits per heavy atom. The summed E-state index contributed by atoms with van der Waals surface area (Å²) in [7, 11) is 0.711. The van der Waals surface area contributed by atoms with Gasteiger partial charge < -0.3 is 10.2 Å². The van der Waals surface area contributed by atoms with Crippen molar-refractivity contribution in [2.75, 3.05) is 39.5 Å². The minimum absolute atomic E-state index is 0.153. The van der Waals surface area contributed by atoms with E-state index in [4.69, 9.17) is 0 Å².